The van der Waals surface area contributed by atoms with Gasteiger partial charge in [0.05, 0.1) is 0 Å². The maximum absolute atomic E-state index is 12.4. The summed E-state index contributed by atoms with van der Waals surface area (Å²) in [5.74, 6) is 0.142. The van der Waals surface area contributed by atoms with Gasteiger partial charge in [0.1, 0.15) is 0 Å². The summed E-state index contributed by atoms with van der Waals surface area (Å²) in [5.41, 5.74) is 0.774. The average molecular weight is 310 g/mol. The molecule has 0 N–H and O–H groups in total. The van der Waals surface area contributed by atoms with Crippen molar-refractivity contribution in [2.75, 3.05) is 7.05 Å². The summed E-state index contributed by atoms with van der Waals surface area (Å²) in [5, 5.41) is 0. The lowest BCUT2D eigenvalue weighted by Crippen LogP contribution is -2.36. The van der Waals surface area contributed by atoms with Crippen LogP contribution in [0.1, 0.15) is 48.9 Å². The van der Waals surface area contributed by atoms with E-state index in [1.54, 1.807) is 0 Å². The number of carbonyl (C=O) groups is 1. The average Bonchev–Trinajstić information content (AvgIpc) is 2.66. The molecule has 1 fully saturated rings. The van der Waals surface area contributed by atoms with Gasteiger partial charge in [-0.25, -0.2) is 0 Å². The Morgan fingerprint density at radius 2 is 1.89 bits per heavy atom. The van der Waals surface area contributed by atoms with E-state index in [9.17, 15) is 4.79 Å². The summed E-state index contributed by atoms with van der Waals surface area (Å²) < 4.78 is 0.961. The van der Waals surface area contributed by atoms with Crippen molar-refractivity contribution in [3.05, 3.63) is 34.3 Å². The van der Waals surface area contributed by atoms with E-state index in [-0.39, 0.29) is 5.91 Å². The van der Waals surface area contributed by atoms with Gasteiger partial charge in [-0.1, -0.05) is 47.7 Å². The molecule has 0 heterocycles. The van der Waals surface area contributed by atoms with Crippen molar-refractivity contribution >= 4 is 21.8 Å². The Balaban J connectivity index is 2.07. The number of nitrogens with zero attached hydrogens (tertiary/aromatic N) is 1. The lowest BCUT2D eigenvalue weighted by molar-refractivity contribution is 0.0717. The highest BCUT2D eigenvalue weighted by Gasteiger charge is 2.22. The summed E-state index contributed by atoms with van der Waals surface area (Å²) in [6, 6.07) is 8.07. The van der Waals surface area contributed by atoms with Crippen LogP contribution in [0.15, 0.2) is 28.7 Å². The van der Waals surface area contributed by atoms with Crippen molar-refractivity contribution in [3.63, 3.8) is 0 Å². The second-order valence-electron chi connectivity index (χ2n) is 5.07. The SMILES string of the molecule is CN(C(=O)c1cccc(Br)c1)C1CCCCCC1. The molecule has 1 amide bonds. The predicted molar refractivity (Wildman–Crippen MR) is 77.7 cm³/mol. The molecule has 98 valence electrons. The number of rotatable bonds is 2. The first kappa shape index (κ1) is 13.6. The fraction of sp³-hybridized carbons (Fsp3) is 0.533. The third kappa shape index (κ3) is 3.35. The van der Waals surface area contributed by atoms with Crippen molar-refractivity contribution in [1.29, 1.82) is 0 Å². The Morgan fingerprint density at radius 1 is 1.22 bits per heavy atom. The normalized spacial score (nSPS) is 17.2. The van der Waals surface area contributed by atoms with Gasteiger partial charge in [-0.3, -0.25) is 4.79 Å². The Hall–Kier alpha value is -0.830. The number of carbonyl (C=O) groups excluding carboxylic acids is 1. The zero-order valence-corrected chi connectivity index (χ0v) is 12.4. The molecule has 0 aliphatic heterocycles. The second-order valence-corrected chi connectivity index (χ2v) is 5.99. The molecule has 3 heteroatoms. The molecule has 0 aromatic heterocycles. The molecule has 0 unspecified atom stereocenters. The van der Waals surface area contributed by atoms with E-state index < -0.39 is 0 Å². The van der Waals surface area contributed by atoms with E-state index in [0.29, 0.717) is 6.04 Å². The van der Waals surface area contributed by atoms with Crippen molar-refractivity contribution < 1.29 is 4.79 Å². The maximum Gasteiger partial charge on any atom is 0.253 e. The monoisotopic (exact) mass is 309 g/mol. The first-order valence-electron chi connectivity index (χ1n) is 6.71. The van der Waals surface area contributed by atoms with Crippen molar-refractivity contribution in [2.45, 2.75) is 44.6 Å². The second kappa shape index (κ2) is 6.37. The molecule has 1 aliphatic carbocycles. The predicted octanol–water partition coefficient (Wildman–Crippen LogP) is 4.24. The van der Waals surface area contributed by atoms with Crippen LogP contribution in [0.2, 0.25) is 0 Å². The van der Waals surface area contributed by atoms with E-state index in [2.05, 4.69) is 15.9 Å². The summed E-state index contributed by atoms with van der Waals surface area (Å²) in [7, 11) is 1.94. The van der Waals surface area contributed by atoms with E-state index >= 15 is 0 Å². The van der Waals surface area contributed by atoms with Crippen LogP contribution in [0.25, 0.3) is 0 Å². The largest absolute Gasteiger partial charge is 0.339 e. The molecule has 1 aromatic rings. The molecule has 1 saturated carbocycles. The number of amides is 1. The van der Waals surface area contributed by atoms with E-state index in [0.717, 1.165) is 22.9 Å². The van der Waals surface area contributed by atoms with Crippen LogP contribution >= 0.6 is 15.9 Å². The zero-order chi connectivity index (χ0) is 13.0. The minimum absolute atomic E-state index is 0.142. The van der Waals surface area contributed by atoms with Crippen LogP contribution in [0.5, 0.6) is 0 Å². The molecule has 18 heavy (non-hydrogen) atoms. The van der Waals surface area contributed by atoms with Crippen LogP contribution in [-0.4, -0.2) is 23.9 Å². The van der Waals surface area contributed by atoms with Gasteiger partial charge < -0.3 is 4.90 Å². The van der Waals surface area contributed by atoms with Crippen molar-refractivity contribution in [2.24, 2.45) is 0 Å². The molecule has 0 radical (unpaired) electrons. The quantitative estimate of drug-likeness (QED) is 0.748. The van der Waals surface area contributed by atoms with Crippen LogP contribution in [0.4, 0.5) is 0 Å². The lowest BCUT2D eigenvalue weighted by atomic mass is 10.1. The molecule has 1 aliphatic rings. The van der Waals surface area contributed by atoms with Gasteiger partial charge in [-0.05, 0) is 31.0 Å². The Kier molecular flexibility index (Phi) is 4.81. The number of hydrogen-bond donors (Lipinski definition) is 0. The first-order valence-corrected chi connectivity index (χ1v) is 7.50. The Labute approximate surface area is 117 Å². The van der Waals surface area contributed by atoms with Gasteiger partial charge in [0.15, 0.2) is 0 Å². The summed E-state index contributed by atoms with van der Waals surface area (Å²) >= 11 is 3.42. The van der Waals surface area contributed by atoms with Crippen LogP contribution in [0, 0.1) is 0 Å². The van der Waals surface area contributed by atoms with Gasteiger partial charge in [0.2, 0.25) is 0 Å². The highest BCUT2D eigenvalue weighted by Crippen LogP contribution is 2.23. The fourth-order valence-electron chi connectivity index (χ4n) is 2.64. The number of hydrogen-bond acceptors (Lipinski definition) is 1. The van der Waals surface area contributed by atoms with Gasteiger partial charge in [0, 0.05) is 23.1 Å². The standard InChI is InChI=1S/C15H20BrNO/c1-17(14-9-4-2-3-5-10-14)15(18)12-7-6-8-13(16)11-12/h6-8,11,14H,2-5,9-10H2,1H3. The van der Waals surface area contributed by atoms with E-state index in [1.165, 1.54) is 25.7 Å². The molecular formula is C15H20BrNO. The lowest BCUT2D eigenvalue weighted by Gasteiger charge is -2.27. The van der Waals surface area contributed by atoms with Gasteiger partial charge in [-0.15, -0.1) is 0 Å². The van der Waals surface area contributed by atoms with Gasteiger partial charge in [-0.2, -0.15) is 0 Å². The third-order valence-electron chi connectivity index (χ3n) is 3.76. The van der Waals surface area contributed by atoms with E-state index in [1.807, 2.05) is 36.2 Å². The summed E-state index contributed by atoms with van der Waals surface area (Å²) in [4.78, 5) is 14.4. The van der Waals surface area contributed by atoms with Gasteiger partial charge in [0.25, 0.3) is 5.91 Å². The van der Waals surface area contributed by atoms with Gasteiger partial charge >= 0.3 is 0 Å². The summed E-state index contributed by atoms with van der Waals surface area (Å²) in [6.45, 7) is 0. The third-order valence-corrected chi connectivity index (χ3v) is 4.26. The molecular weight excluding hydrogens is 290 g/mol. The summed E-state index contributed by atoms with van der Waals surface area (Å²) in [6.07, 6.45) is 7.43. The Morgan fingerprint density at radius 3 is 2.50 bits per heavy atom. The van der Waals surface area contributed by atoms with E-state index in [4.69, 9.17) is 0 Å². The topological polar surface area (TPSA) is 20.3 Å². The fourth-order valence-corrected chi connectivity index (χ4v) is 3.04. The highest BCUT2D eigenvalue weighted by molar-refractivity contribution is 9.10. The first-order chi connectivity index (χ1) is 8.68. The van der Waals surface area contributed by atoms with Crippen LogP contribution in [0.3, 0.4) is 0 Å². The van der Waals surface area contributed by atoms with Crippen molar-refractivity contribution in [1.82, 2.24) is 4.90 Å². The highest BCUT2D eigenvalue weighted by atomic mass is 79.9. The molecule has 2 rings (SSSR count). The number of halogens is 1. The molecule has 0 bridgehead atoms. The molecule has 0 saturated heterocycles. The molecule has 1 aromatic carbocycles. The number of benzene rings is 1. The minimum atomic E-state index is 0.142. The minimum Gasteiger partial charge on any atom is -0.339 e. The molecule has 0 spiro atoms. The zero-order valence-electron chi connectivity index (χ0n) is 10.9. The smallest absolute Gasteiger partial charge is 0.253 e. The molecule has 0 atom stereocenters. The van der Waals surface area contributed by atoms with Crippen LogP contribution in [-0.2, 0) is 0 Å². The van der Waals surface area contributed by atoms with Crippen molar-refractivity contribution in [3.8, 4) is 0 Å². The maximum atomic E-state index is 12.4. The van der Waals surface area contributed by atoms with Crippen LogP contribution < -0.4 is 0 Å². The Bertz CT molecular complexity index is 411. The molecule has 2 nitrogen and oxygen atoms in total.